The molecule has 0 aliphatic heterocycles. The SMILES string of the molecule is CN(CC(=O)NC(=O)NCc1ccccc1)Cc1ccccc1F. The van der Waals surface area contributed by atoms with Gasteiger partial charge in [-0.05, 0) is 18.7 Å². The molecule has 0 atom stereocenters. The molecule has 2 rings (SSSR count). The largest absolute Gasteiger partial charge is 0.334 e. The van der Waals surface area contributed by atoms with Crippen LogP contribution in [0.4, 0.5) is 9.18 Å². The Balaban J connectivity index is 1.74. The van der Waals surface area contributed by atoms with Gasteiger partial charge in [-0.25, -0.2) is 9.18 Å². The molecular weight excluding hydrogens is 309 g/mol. The van der Waals surface area contributed by atoms with Gasteiger partial charge in [0.1, 0.15) is 5.82 Å². The number of carbonyl (C=O) groups excluding carboxylic acids is 2. The highest BCUT2D eigenvalue weighted by atomic mass is 19.1. The molecule has 6 heteroatoms. The third-order valence-electron chi connectivity index (χ3n) is 3.36. The van der Waals surface area contributed by atoms with Crippen LogP contribution in [0.15, 0.2) is 54.6 Å². The summed E-state index contributed by atoms with van der Waals surface area (Å²) in [4.78, 5) is 25.2. The summed E-state index contributed by atoms with van der Waals surface area (Å²) in [6.45, 7) is 0.615. The Morgan fingerprint density at radius 2 is 1.71 bits per heavy atom. The van der Waals surface area contributed by atoms with E-state index in [1.807, 2.05) is 30.3 Å². The molecule has 2 N–H and O–H groups in total. The first-order valence-corrected chi connectivity index (χ1v) is 7.58. The molecule has 0 heterocycles. The molecule has 5 nitrogen and oxygen atoms in total. The van der Waals surface area contributed by atoms with Crippen LogP contribution in [0.5, 0.6) is 0 Å². The van der Waals surface area contributed by atoms with Crippen LogP contribution >= 0.6 is 0 Å². The van der Waals surface area contributed by atoms with Gasteiger partial charge in [0.05, 0.1) is 6.54 Å². The lowest BCUT2D eigenvalue weighted by molar-refractivity contribution is -0.121. The number of likely N-dealkylation sites (N-methyl/N-ethyl adjacent to an activating group) is 1. The van der Waals surface area contributed by atoms with E-state index in [4.69, 9.17) is 0 Å². The minimum absolute atomic E-state index is 0.00685. The first-order valence-electron chi connectivity index (χ1n) is 7.58. The smallest absolute Gasteiger partial charge is 0.321 e. The molecule has 2 aromatic carbocycles. The fourth-order valence-electron chi connectivity index (χ4n) is 2.21. The number of imide groups is 1. The van der Waals surface area contributed by atoms with Crippen molar-refractivity contribution in [2.45, 2.75) is 13.1 Å². The minimum Gasteiger partial charge on any atom is -0.334 e. The molecule has 0 aliphatic rings. The van der Waals surface area contributed by atoms with Gasteiger partial charge in [0.25, 0.3) is 0 Å². The third kappa shape index (κ3) is 5.81. The molecule has 0 saturated heterocycles. The minimum atomic E-state index is -0.553. The first kappa shape index (κ1) is 17.6. The van der Waals surface area contributed by atoms with E-state index >= 15 is 0 Å². The first-order chi connectivity index (χ1) is 11.5. The molecule has 0 aromatic heterocycles. The molecule has 0 spiro atoms. The van der Waals surface area contributed by atoms with Crippen molar-refractivity contribution in [2.24, 2.45) is 0 Å². The van der Waals surface area contributed by atoms with E-state index in [2.05, 4.69) is 10.6 Å². The van der Waals surface area contributed by atoms with Crippen LogP contribution in [-0.2, 0) is 17.9 Å². The second-order valence-electron chi connectivity index (χ2n) is 5.48. The van der Waals surface area contributed by atoms with Crippen molar-refractivity contribution >= 4 is 11.9 Å². The van der Waals surface area contributed by atoms with Crippen molar-refractivity contribution in [1.29, 1.82) is 0 Å². The number of hydrogen-bond donors (Lipinski definition) is 2. The predicted molar refractivity (Wildman–Crippen MR) is 89.6 cm³/mol. The van der Waals surface area contributed by atoms with Crippen LogP contribution in [0, 0.1) is 5.82 Å². The molecule has 0 aliphatic carbocycles. The second kappa shape index (κ2) is 8.79. The maximum Gasteiger partial charge on any atom is 0.321 e. The lowest BCUT2D eigenvalue weighted by Gasteiger charge is -2.16. The molecule has 3 amide bonds. The summed E-state index contributed by atoms with van der Waals surface area (Å²) in [6.07, 6.45) is 0. The maximum absolute atomic E-state index is 13.6. The summed E-state index contributed by atoms with van der Waals surface area (Å²) < 4.78 is 13.6. The zero-order chi connectivity index (χ0) is 17.4. The monoisotopic (exact) mass is 329 g/mol. The lowest BCUT2D eigenvalue weighted by Crippen LogP contribution is -2.43. The summed E-state index contributed by atoms with van der Waals surface area (Å²) in [5.41, 5.74) is 1.44. The van der Waals surface area contributed by atoms with E-state index in [1.54, 1.807) is 30.1 Å². The predicted octanol–water partition coefficient (Wildman–Crippen LogP) is 2.28. The quantitative estimate of drug-likeness (QED) is 0.855. The molecule has 0 saturated carbocycles. The number of carbonyl (C=O) groups is 2. The van der Waals surface area contributed by atoms with E-state index in [0.29, 0.717) is 12.1 Å². The topological polar surface area (TPSA) is 61.4 Å². The number of nitrogens with zero attached hydrogens (tertiary/aromatic N) is 1. The summed E-state index contributed by atoms with van der Waals surface area (Å²) in [5, 5.41) is 4.87. The fraction of sp³-hybridized carbons (Fsp3) is 0.222. The fourth-order valence-corrected chi connectivity index (χ4v) is 2.21. The van der Waals surface area contributed by atoms with Gasteiger partial charge in [0.2, 0.25) is 5.91 Å². The van der Waals surface area contributed by atoms with Gasteiger partial charge in [0.15, 0.2) is 0 Å². The van der Waals surface area contributed by atoms with Crippen molar-refractivity contribution in [2.75, 3.05) is 13.6 Å². The van der Waals surface area contributed by atoms with Crippen LogP contribution < -0.4 is 10.6 Å². The highest BCUT2D eigenvalue weighted by molar-refractivity contribution is 5.95. The normalized spacial score (nSPS) is 10.5. The Morgan fingerprint density at radius 3 is 2.42 bits per heavy atom. The highest BCUT2D eigenvalue weighted by Crippen LogP contribution is 2.08. The van der Waals surface area contributed by atoms with Gasteiger partial charge < -0.3 is 5.32 Å². The van der Waals surface area contributed by atoms with E-state index in [1.165, 1.54) is 6.07 Å². The highest BCUT2D eigenvalue weighted by Gasteiger charge is 2.12. The summed E-state index contributed by atoms with van der Waals surface area (Å²) in [7, 11) is 1.69. The molecular formula is C18H20FN3O2. The zero-order valence-corrected chi connectivity index (χ0v) is 13.5. The van der Waals surface area contributed by atoms with Gasteiger partial charge in [-0.1, -0.05) is 48.5 Å². The summed E-state index contributed by atoms with van der Waals surface area (Å²) in [6, 6.07) is 15.2. The van der Waals surface area contributed by atoms with Gasteiger partial charge in [-0.2, -0.15) is 0 Å². The van der Waals surface area contributed by atoms with Crippen molar-refractivity contribution in [1.82, 2.24) is 15.5 Å². The van der Waals surface area contributed by atoms with Crippen molar-refractivity contribution in [3.8, 4) is 0 Å². The van der Waals surface area contributed by atoms with Crippen LogP contribution in [-0.4, -0.2) is 30.4 Å². The van der Waals surface area contributed by atoms with Crippen molar-refractivity contribution < 1.29 is 14.0 Å². The van der Waals surface area contributed by atoms with Crippen LogP contribution in [0.25, 0.3) is 0 Å². The molecule has 126 valence electrons. The number of hydrogen-bond acceptors (Lipinski definition) is 3. The average molecular weight is 329 g/mol. The van der Waals surface area contributed by atoms with Gasteiger partial charge in [-0.15, -0.1) is 0 Å². The number of nitrogens with one attached hydrogen (secondary N) is 2. The molecule has 0 unspecified atom stereocenters. The van der Waals surface area contributed by atoms with E-state index in [-0.39, 0.29) is 18.9 Å². The van der Waals surface area contributed by atoms with Gasteiger partial charge in [0, 0.05) is 18.7 Å². The Kier molecular flexibility index (Phi) is 6.45. The van der Waals surface area contributed by atoms with E-state index in [9.17, 15) is 14.0 Å². The Hall–Kier alpha value is -2.73. The Labute approximate surface area is 140 Å². The molecule has 0 radical (unpaired) electrons. The summed E-state index contributed by atoms with van der Waals surface area (Å²) in [5.74, 6) is -0.759. The maximum atomic E-state index is 13.6. The van der Waals surface area contributed by atoms with Crippen LogP contribution in [0.2, 0.25) is 0 Å². The van der Waals surface area contributed by atoms with Crippen LogP contribution in [0.3, 0.4) is 0 Å². The molecule has 24 heavy (non-hydrogen) atoms. The number of urea groups is 1. The van der Waals surface area contributed by atoms with E-state index in [0.717, 1.165) is 5.56 Å². The number of amides is 3. The van der Waals surface area contributed by atoms with E-state index < -0.39 is 11.9 Å². The number of halogens is 1. The molecule has 0 bridgehead atoms. The average Bonchev–Trinajstić information content (AvgIpc) is 2.56. The van der Waals surface area contributed by atoms with Gasteiger partial charge >= 0.3 is 6.03 Å². The Morgan fingerprint density at radius 1 is 1.04 bits per heavy atom. The number of rotatable bonds is 6. The lowest BCUT2D eigenvalue weighted by atomic mass is 10.2. The summed E-state index contributed by atoms with van der Waals surface area (Å²) >= 11 is 0. The Bertz CT molecular complexity index is 692. The number of benzene rings is 2. The zero-order valence-electron chi connectivity index (χ0n) is 13.5. The van der Waals surface area contributed by atoms with Crippen LogP contribution in [0.1, 0.15) is 11.1 Å². The second-order valence-corrected chi connectivity index (χ2v) is 5.48. The molecule has 2 aromatic rings. The van der Waals surface area contributed by atoms with Gasteiger partial charge in [-0.3, -0.25) is 15.0 Å². The molecule has 0 fully saturated rings. The van der Waals surface area contributed by atoms with Crippen molar-refractivity contribution in [3.63, 3.8) is 0 Å². The standard InChI is InChI=1S/C18H20FN3O2/c1-22(12-15-9-5-6-10-16(15)19)13-17(23)21-18(24)20-11-14-7-3-2-4-8-14/h2-10H,11-13H2,1H3,(H2,20,21,23,24). The third-order valence-corrected chi connectivity index (χ3v) is 3.36. The van der Waals surface area contributed by atoms with Crippen molar-refractivity contribution in [3.05, 3.63) is 71.5 Å².